The fourth-order valence-corrected chi connectivity index (χ4v) is 2.37. The zero-order chi connectivity index (χ0) is 17.5. The average molecular weight is 327 g/mol. The minimum Gasteiger partial charge on any atom is -0.497 e. The summed E-state index contributed by atoms with van der Waals surface area (Å²) in [5, 5.41) is 2.94. The van der Waals surface area contributed by atoms with E-state index in [9.17, 15) is 4.79 Å². The Morgan fingerprint density at radius 1 is 1.12 bits per heavy atom. The summed E-state index contributed by atoms with van der Waals surface area (Å²) >= 11 is 0. The molecule has 0 aliphatic carbocycles. The lowest BCUT2D eigenvalue weighted by molar-refractivity contribution is -0.128. The molecule has 1 amide bonds. The first kappa shape index (κ1) is 17.9. The quantitative estimate of drug-likeness (QED) is 0.842. The zero-order valence-corrected chi connectivity index (χ0v) is 14.8. The molecule has 0 aliphatic rings. The molecule has 4 heteroatoms. The third-order valence-electron chi connectivity index (χ3n) is 4.11. The van der Waals surface area contributed by atoms with Crippen LogP contribution in [0.4, 0.5) is 0 Å². The Labute approximate surface area is 143 Å². The summed E-state index contributed by atoms with van der Waals surface area (Å²) < 4.78 is 11.1. The molecule has 2 aromatic rings. The van der Waals surface area contributed by atoms with Crippen LogP contribution >= 0.6 is 0 Å². The van der Waals surface area contributed by atoms with E-state index in [1.54, 1.807) is 7.11 Å². The monoisotopic (exact) mass is 327 g/mol. The molecular weight excluding hydrogens is 302 g/mol. The Kier molecular flexibility index (Phi) is 6.24. The van der Waals surface area contributed by atoms with E-state index in [1.807, 2.05) is 63.2 Å². The number of ether oxygens (including phenoxy) is 2. The first-order chi connectivity index (χ1) is 11.5. The molecule has 0 spiro atoms. The molecule has 128 valence electrons. The van der Waals surface area contributed by atoms with E-state index in [4.69, 9.17) is 9.47 Å². The van der Waals surface area contributed by atoms with Crippen LogP contribution in [0.15, 0.2) is 42.5 Å². The SMILES string of the molecule is CCC(Oc1cccc(C)c1C)C(=O)NCc1ccc(OC)cc1. The molecule has 0 aliphatic heterocycles. The maximum atomic E-state index is 12.4. The molecule has 2 rings (SSSR count). The first-order valence-electron chi connectivity index (χ1n) is 8.18. The Morgan fingerprint density at radius 2 is 1.83 bits per heavy atom. The fourth-order valence-electron chi connectivity index (χ4n) is 2.37. The zero-order valence-electron chi connectivity index (χ0n) is 14.8. The number of nitrogens with one attached hydrogen (secondary N) is 1. The van der Waals surface area contributed by atoms with Crippen molar-refractivity contribution in [2.75, 3.05) is 7.11 Å². The van der Waals surface area contributed by atoms with Crippen LogP contribution in [-0.2, 0) is 11.3 Å². The van der Waals surface area contributed by atoms with Crippen molar-refractivity contribution in [3.8, 4) is 11.5 Å². The summed E-state index contributed by atoms with van der Waals surface area (Å²) in [4.78, 5) is 12.4. The third kappa shape index (κ3) is 4.51. The second-order valence-electron chi connectivity index (χ2n) is 5.78. The molecule has 0 fully saturated rings. The van der Waals surface area contributed by atoms with Gasteiger partial charge in [0.15, 0.2) is 6.10 Å². The van der Waals surface area contributed by atoms with E-state index in [0.29, 0.717) is 13.0 Å². The second-order valence-corrected chi connectivity index (χ2v) is 5.78. The van der Waals surface area contributed by atoms with Crippen LogP contribution in [-0.4, -0.2) is 19.1 Å². The minimum atomic E-state index is -0.497. The van der Waals surface area contributed by atoms with Gasteiger partial charge in [-0.2, -0.15) is 0 Å². The van der Waals surface area contributed by atoms with Gasteiger partial charge in [-0.05, 0) is 55.2 Å². The van der Waals surface area contributed by atoms with Crippen LogP contribution in [0.1, 0.15) is 30.0 Å². The van der Waals surface area contributed by atoms with Gasteiger partial charge in [0, 0.05) is 6.54 Å². The number of methoxy groups -OCH3 is 1. The van der Waals surface area contributed by atoms with E-state index in [2.05, 4.69) is 5.32 Å². The van der Waals surface area contributed by atoms with Gasteiger partial charge in [0.25, 0.3) is 5.91 Å². The molecule has 4 nitrogen and oxygen atoms in total. The van der Waals surface area contributed by atoms with Gasteiger partial charge < -0.3 is 14.8 Å². The van der Waals surface area contributed by atoms with Crippen LogP contribution in [0.3, 0.4) is 0 Å². The van der Waals surface area contributed by atoms with Gasteiger partial charge in [-0.3, -0.25) is 4.79 Å². The molecule has 2 aromatic carbocycles. The lowest BCUT2D eigenvalue weighted by Gasteiger charge is -2.19. The summed E-state index contributed by atoms with van der Waals surface area (Å²) in [6, 6.07) is 13.5. The van der Waals surface area contributed by atoms with E-state index in [1.165, 1.54) is 0 Å². The van der Waals surface area contributed by atoms with Gasteiger partial charge in [-0.15, -0.1) is 0 Å². The smallest absolute Gasteiger partial charge is 0.261 e. The number of rotatable bonds is 7. The number of hydrogen-bond donors (Lipinski definition) is 1. The van der Waals surface area contributed by atoms with Crippen molar-refractivity contribution in [2.45, 2.75) is 39.8 Å². The van der Waals surface area contributed by atoms with Crippen LogP contribution in [0, 0.1) is 13.8 Å². The maximum absolute atomic E-state index is 12.4. The molecule has 0 aromatic heterocycles. The largest absolute Gasteiger partial charge is 0.497 e. The van der Waals surface area contributed by atoms with Gasteiger partial charge in [0.05, 0.1) is 7.11 Å². The molecule has 0 saturated carbocycles. The van der Waals surface area contributed by atoms with Gasteiger partial charge in [0.2, 0.25) is 0 Å². The first-order valence-corrected chi connectivity index (χ1v) is 8.18. The fraction of sp³-hybridized carbons (Fsp3) is 0.350. The van der Waals surface area contributed by atoms with E-state index < -0.39 is 6.10 Å². The van der Waals surface area contributed by atoms with E-state index >= 15 is 0 Å². The summed E-state index contributed by atoms with van der Waals surface area (Å²) in [7, 11) is 1.63. The highest BCUT2D eigenvalue weighted by molar-refractivity contribution is 5.81. The molecule has 0 heterocycles. The van der Waals surface area contributed by atoms with Crippen molar-refractivity contribution in [3.63, 3.8) is 0 Å². The molecule has 0 bridgehead atoms. The number of benzene rings is 2. The standard InChI is InChI=1S/C20H25NO3/c1-5-18(24-19-8-6-7-14(2)15(19)3)20(22)21-13-16-9-11-17(23-4)12-10-16/h6-12,18H,5,13H2,1-4H3,(H,21,22). The Balaban J connectivity index is 1.96. The highest BCUT2D eigenvalue weighted by Gasteiger charge is 2.19. The third-order valence-corrected chi connectivity index (χ3v) is 4.11. The molecule has 24 heavy (non-hydrogen) atoms. The molecular formula is C20H25NO3. The minimum absolute atomic E-state index is 0.103. The summed E-state index contributed by atoms with van der Waals surface area (Å²) in [6.45, 7) is 6.46. The van der Waals surface area contributed by atoms with Gasteiger partial charge in [-0.25, -0.2) is 0 Å². The molecule has 0 radical (unpaired) electrons. The summed E-state index contributed by atoms with van der Waals surface area (Å²) in [5.74, 6) is 1.46. The second kappa shape index (κ2) is 8.39. The van der Waals surface area contributed by atoms with Crippen molar-refractivity contribution >= 4 is 5.91 Å². The molecule has 1 unspecified atom stereocenters. The Hall–Kier alpha value is -2.49. The molecule has 1 N–H and O–H groups in total. The predicted molar refractivity (Wildman–Crippen MR) is 95.5 cm³/mol. The number of carbonyl (C=O) groups is 1. The van der Waals surface area contributed by atoms with Crippen molar-refractivity contribution < 1.29 is 14.3 Å². The molecule has 0 saturated heterocycles. The highest BCUT2D eigenvalue weighted by atomic mass is 16.5. The average Bonchev–Trinajstić information content (AvgIpc) is 2.61. The van der Waals surface area contributed by atoms with Crippen molar-refractivity contribution in [1.29, 1.82) is 0 Å². The topological polar surface area (TPSA) is 47.6 Å². The van der Waals surface area contributed by atoms with Crippen LogP contribution < -0.4 is 14.8 Å². The van der Waals surface area contributed by atoms with E-state index in [0.717, 1.165) is 28.2 Å². The van der Waals surface area contributed by atoms with Crippen LogP contribution in [0.2, 0.25) is 0 Å². The van der Waals surface area contributed by atoms with Crippen LogP contribution in [0.25, 0.3) is 0 Å². The van der Waals surface area contributed by atoms with Crippen molar-refractivity contribution in [3.05, 3.63) is 59.2 Å². The number of amides is 1. The Morgan fingerprint density at radius 3 is 2.46 bits per heavy atom. The highest BCUT2D eigenvalue weighted by Crippen LogP contribution is 2.22. The number of hydrogen-bond acceptors (Lipinski definition) is 3. The van der Waals surface area contributed by atoms with Crippen molar-refractivity contribution in [2.24, 2.45) is 0 Å². The molecule has 1 atom stereocenters. The van der Waals surface area contributed by atoms with E-state index in [-0.39, 0.29) is 5.91 Å². The van der Waals surface area contributed by atoms with Gasteiger partial charge in [0.1, 0.15) is 11.5 Å². The maximum Gasteiger partial charge on any atom is 0.261 e. The van der Waals surface area contributed by atoms with Gasteiger partial charge in [-0.1, -0.05) is 31.2 Å². The normalized spacial score (nSPS) is 11.7. The summed E-state index contributed by atoms with van der Waals surface area (Å²) in [5.41, 5.74) is 3.24. The Bertz CT molecular complexity index is 680. The number of carbonyl (C=O) groups excluding carboxylic acids is 1. The lowest BCUT2D eigenvalue weighted by Crippen LogP contribution is -2.37. The lowest BCUT2D eigenvalue weighted by atomic mass is 10.1. The van der Waals surface area contributed by atoms with Crippen LogP contribution in [0.5, 0.6) is 11.5 Å². The predicted octanol–water partition coefficient (Wildman–Crippen LogP) is 3.79. The van der Waals surface area contributed by atoms with Gasteiger partial charge >= 0.3 is 0 Å². The summed E-state index contributed by atoms with van der Waals surface area (Å²) in [6.07, 6.45) is 0.116. The number of aryl methyl sites for hydroxylation is 1. The van der Waals surface area contributed by atoms with Crippen molar-refractivity contribution in [1.82, 2.24) is 5.32 Å².